The predicted molar refractivity (Wildman–Crippen MR) is 81.4 cm³/mol. The Morgan fingerprint density at radius 1 is 1.30 bits per heavy atom. The number of amides is 1. The highest BCUT2D eigenvalue weighted by atomic mass is 127. The minimum Gasteiger partial charge on any atom is -0.493 e. The zero-order chi connectivity index (χ0) is 15.1. The molecular weight excluding hydrogens is 377 g/mol. The molecule has 0 unspecified atom stereocenters. The first-order valence-corrected chi connectivity index (χ1v) is 6.66. The molecule has 0 saturated heterocycles. The molecule has 0 aromatic heterocycles. The number of rotatable bonds is 6. The lowest BCUT2D eigenvalue weighted by molar-refractivity contribution is -0.131. The molecule has 20 heavy (non-hydrogen) atoms. The van der Waals surface area contributed by atoms with Gasteiger partial charge in [0.05, 0.1) is 19.8 Å². The number of ether oxygens (including phenoxy) is 2. The highest BCUT2D eigenvalue weighted by molar-refractivity contribution is 14.1. The molecule has 0 aliphatic rings. The average Bonchev–Trinajstić information content (AvgIpc) is 2.42. The molecule has 1 aromatic rings. The van der Waals surface area contributed by atoms with Crippen LogP contribution in [0, 0.1) is 3.57 Å². The second kappa shape index (κ2) is 7.73. The Hall–Kier alpha value is -1.77. The monoisotopic (exact) mass is 391 g/mol. The molecule has 6 nitrogen and oxygen atoms in total. The number of halogens is 1. The third-order valence-electron chi connectivity index (χ3n) is 2.36. The number of methoxy groups -OCH3 is 2. The summed E-state index contributed by atoms with van der Waals surface area (Å²) in [6.45, 7) is 0.134. The quantitative estimate of drug-likeness (QED) is 0.570. The number of hydrogen-bond acceptors (Lipinski definition) is 4. The van der Waals surface area contributed by atoms with Crippen LogP contribution in [0.5, 0.6) is 11.5 Å². The van der Waals surface area contributed by atoms with E-state index in [2.05, 4.69) is 5.32 Å². The standard InChI is InChI=1S/C13H14INO5/c1-19-10-6-8(9(14)7-11(10)20-2)13(18)15-5-3-4-12(16)17/h3-4,6-7H,5H2,1-2H3,(H,15,18)(H,16,17)/b4-3+. The molecule has 0 saturated carbocycles. The van der Waals surface area contributed by atoms with E-state index >= 15 is 0 Å². The molecule has 0 heterocycles. The van der Waals surface area contributed by atoms with Gasteiger partial charge in [-0.25, -0.2) is 4.79 Å². The zero-order valence-corrected chi connectivity index (χ0v) is 13.1. The molecule has 0 aliphatic heterocycles. The van der Waals surface area contributed by atoms with Gasteiger partial charge in [-0.15, -0.1) is 0 Å². The summed E-state index contributed by atoms with van der Waals surface area (Å²) in [4.78, 5) is 22.3. The van der Waals surface area contributed by atoms with E-state index in [1.54, 1.807) is 12.1 Å². The van der Waals surface area contributed by atoms with Crippen LogP contribution in [0.1, 0.15) is 10.4 Å². The van der Waals surface area contributed by atoms with Crippen LogP contribution >= 0.6 is 22.6 Å². The van der Waals surface area contributed by atoms with Crippen molar-refractivity contribution in [2.75, 3.05) is 20.8 Å². The van der Waals surface area contributed by atoms with E-state index in [9.17, 15) is 9.59 Å². The summed E-state index contributed by atoms with van der Waals surface area (Å²) < 4.78 is 11.0. The van der Waals surface area contributed by atoms with Gasteiger partial charge in [0.25, 0.3) is 5.91 Å². The van der Waals surface area contributed by atoms with Crippen molar-refractivity contribution in [2.45, 2.75) is 0 Å². The fraction of sp³-hybridized carbons (Fsp3) is 0.231. The van der Waals surface area contributed by atoms with Crippen LogP contribution in [0.4, 0.5) is 0 Å². The second-order valence-corrected chi connectivity index (χ2v) is 4.80. The van der Waals surface area contributed by atoms with Crippen molar-refractivity contribution in [3.63, 3.8) is 0 Å². The Kier molecular flexibility index (Phi) is 6.29. The van der Waals surface area contributed by atoms with Crippen molar-refractivity contribution in [2.24, 2.45) is 0 Å². The van der Waals surface area contributed by atoms with E-state index in [1.807, 2.05) is 22.6 Å². The number of carbonyl (C=O) groups excluding carboxylic acids is 1. The van der Waals surface area contributed by atoms with Crippen LogP contribution in [0.2, 0.25) is 0 Å². The van der Waals surface area contributed by atoms with Gasteiger partial charge >= 0.3 is 5.97 Å². The SMILES string of the molecule is COc1cc(I)c(C(=O)NC/C=C/C(=O)O)cc1OC. The lowest BCUT2D eigenvalue weighted by atomic mass is 10.2. The first kappa shape index (κ1) is 16.3. The maximum Gasteiger partial charge on any atom is 0.328 e. The van der Waals surface area contributed by atoms with Gasteiger partial charge in [-0.3, -0.25) is 4.79 Å². The lowest BCUT2D eigenvalue weighted by Crippen LogP contribution is -2.24. The normalized spacial score (nSPS) is 10.3. The minimum absolute atomic E-state index is 0.134. The third kappa shape index (κ3) is 4.41. The van der Waals surface area contributed by atoms with Gasteiger partial charge in [0.15, 0.2) is 11.5 Å². The van der Waals surface area contributed by atoms with E-state index in [-0.39, 0.29) is 12.5 Å². The molecule has 0 bridgehead atoms. The van der Waals surface area contributed by atoms with Crippen molar-refractivity contribution >= 4 is 34.5 Å². The molecule has 0 radical (unpaired) electrons. The predicted octanol–water partition coefficient (Wildman–Crippen LogP) is 1.68. The first-order chi connectivity index (χ1) is 9.49. The first-order valence-electron chi connectivity index (χ1n) is 5.58. The molecule has 0 spiro atoms. The smallest absolute Gasteiger partial charge is 0.328 e. The number of carboxylic acids is 1. The summed E-state index contributed by atoms with van der Waals surface area (Å²) in [6, 6.07) is 3.28. The maximum atomic E-state index is 12.0. The fourth-order valence-corrected chi connectivity index (χ4v) is 2.12. The van der Waals surface area contributed by atoms with Crippen molar-refractivity contribution in [3.8, 4) is 11.5 Å². The zero-order valence-electron chi connectivity index (χ0n) is 11.0. The van der Waals surface area contributed by atoms with E-state index in [4.69, 9.17) is 14.6 Å². The number of carbonyl (C=O) groups is 2. The minimum atomic E-state index is -1.06. The van der Waals surface area contributed by atoms with Crippen LogP contribution in [0.3, 0.4) is 0 Å². The summed E-state index contributed by atoms with van der Waals surface area (Å²) in [5.74, 6) is -0.372. The molecule has 0 aliphatic carbocycles. The van der Waals surface area contributed by atoms with Gasteiger partial charge in [-0.1, -0.05) is 6.08 Å². The van der Waals surface area contributed by atoms with E-state index in [0.29, 0.717) is 20.6 Å². The maximum absolute atomic E-state index is 12.0. The summed E-state index contributed by atoms with van der Waals surface area (Å²) in [7, 11) is 3.01. The van der Waals surface area contributed by atoms with Gasteiger partial charge in [-0.2, -0.15) is 0 Å². The van der Waals surface area contributed by atoms with Gasteiger partial charge < -0.3 is 19.9 Å². The molecule has 0 fully saturated rings. The lowest BCUT2D eigenvalue weighted by Gasteiger charge is -2.11. The molecule has 0 atom stereocenters. The molecule has 1 rings (SSSR count). The van der Waals surface area contributed by atoms with Crippen molar-refractivity contribution in [3.05, 3.63) is 33.4 Å². The van der Waals surface area contributed by atoms with Gasteiger partial charge in [0.1, 0.15) is 0 Å². The van der Waals surface area contributed by atoms with E-state index in [0.717, 1.165) is 6.08 Å². The topological polar surface area (TPSA) is 84.9 Å². The second-order valence-electron chi connectivity index (χ2n) is 3.64. The number of nitrogens with one attached hydrogen (secondary N) is 1. The summed E-state index contributed by atoms with van der Waals surface area (Å²) >= 11 is 2.02. The van der Waals surface area contributed by atoms with Crippen molar-refractivity contribution < 1.29 is 24.2 Å². The van der Waals surface area contributed by atoms with Crippen LogP contribution < -0.4 is 14.8 Å². The van der Waals surface area contributed by atoms with Crippen molar-refractivity contribution in [1.82, 2.24) is 5.32 Å². The number of aliphatic carboxylic acids is 1. The Bertz CT molecular complexity index is 542. The van der Waals surface area contributed by atoms with Crippen LogP contribution in [-0.4, -0.2) is 37.7 Å². The number of carboxylic acid groups (broad SMARTS) is 1. The van der Waals surface area contributed by atoms with Crippen LogP contribution in [0.15, 0.2) is 24.3 Å². The Morgan fingerprint density at radius 2 is 1.90 bits per heavy atom. The highest BCUT2D eigenvalue weighted by Crippen LogP contribution is 2.31. The summed E-state index contributed by atoms with van der Waals surface area (Å²) in [6.07, 6.45) is 2.33. The van der Waals surface area contributed by atoms with Crippen molar-refractivity contribution in [1.29, 1.82) is 0 Å². The van der Waals surface area contributed by atoms with E-state index in [1.165, 1.54) is 20.3 Å². The molecule has 1 aromatic carbocycles. The average molecular weight is 391 g/mol. The van der Waals surface area contributed by atoms with Gasteiger partial charge in [0, 0.05) is 16.2 Å². The molecular formula is C13H14INO5. The highest BCUT2D eigenvalue weighted by Gasteiger charge is 2.14. The van der Waals surface area contributed by atoms with E-state index < -0.39 is 5.97 Å². The van der Waals surface area contributed by atoms with Crippen LogP contribution in [-0.2, 0) is 4.79 Å². The third-order valence-corrected chi connectivity index (χ3v) is 3.25. The Labute approximate surface area is 129 Å². The number of benzene rings is 1. The molecule has 2 N–H and O–H groups in total. The molecule has 108 valence electrons. The molecule has 7 heteroatoms. The Balaban J connectivity index is 2.85. The largest absolute Gasteiger partial charge is 0.493 e. The fourth-order valence-electron chi connectivity index (χ4n) is 1.43. The van der Waals surface area contributed by atoms with Gasteiger partial charge in [0.2, 0.25) is 0 Å². The Morgan fingerprint density at radius 3 is 2.45 bits per heavy atom. The summed E-state index contributed by atoms with van der Waals surface area (Å²) in [5, 5.41) is 11.0. The van der Waals surface area contributed by atoms with Crippen LogP contribution in [0.25, 0.3) is 0 Å². The number of hydrogen-bond donors (Lipinski definition) is 2. The molecule has 1 amide bonds. The summed E-state index contributed by atoms with van der Waals surface area (Å²) in [5.41, 5.74) is 0.437. The van der Waals surface area contributed by atoms with Gasteiger partial charge in [-0.05, 0) is 34.7 Å².